The Bertz CT molecular complexity index is 834. The van der Waals surface area contributed by atoms with E-state index in [0.717, 1.165) is 37.3 Å². The molecule has 1 unspecified atom stereocenters. The number of carbonyl (C=O) groups is 2. The van der Waals surface area contributed by atoms with E-state index >= 15 is 0 Å². The standard InChI is InChI=1S/C22H33N7O2/c1-4-27(5-2)21(30)15-26-11-6-12-28(14-13-26)22(31)25-18(3)19-7-9-20(10-8-19)29-17-23-16-24-29/h7-10,16-18H,4-6,11-15H2,1-3H3,(H,25,31). The molecule has 9 nitrogen and oxygen atoms in total. The number of nitrogens with zero attached hydrogens (tertiary/aromatic N) is 6. The molecule has 9 heteroatoms. The van der Waals surface area contributed by atoms with E-state index < -0.39 is 0 Å². The van der Waals surface area contributed by atoms with Crippen LogP contribution in [-0.4, -0.2) is 87.2 Å². The van der Waals surface area contributed by atoms with E-state index in [1.165, 1.54) is 6.33 Å². The van der Waals surface area contributed by atoms with E-state index in [1.54, 1.807) is 11.0 Å². The van der Waals surface area contributed by atoms with Gasteiger partial charge in [0.2, 0.25) is 5.91 Å². The lowest BCUT2D eigenvalue weighted by Gasteiger charge is -2.26. The van der Waals surface area contributed by atoms with Crippen LogP contribution in [0, 0.1) is 0 Å². The molecule has 2 aromatic rings. The predicted molar refractivity (Wildman–Crippen MR) is 119 cm³/mol. The quantitative estimate of drug-likeness (QED) is 0.730. The Balaban J connectivity index is 1.50. The van der Waals surface area contributed by atoms with E-state index in [1.807, 2.05) is 54.8 Å². The Morgan fingerprint density at radius 1 is 1.10 bits per heavy atom. The minimum atomic E-state index is -0.110. The van der Waals surface area contributed by atoms with Gasteiger partial charge in [0.1, 0.15) is 12.7 Å². The van der Waals surface area contributed by atoms with Crippen molar-refractivity contribution in [3.8, 4) is 5.69 Å². The smallest absolute Gasteiger partial charge is 0.317 e. The van der Waals surface area contributed by atoms with Gasteiger partial charge in [0, 0.05) is 39.3 Å². The highest BCUT2D eigenvalue weighted by atomic mass is 16.2. The monoisotopic (exact) mass is 427 g/mol. The highest BCUT2D eigenvalue weighted by Crippen LogP contribution is 2.16. The van der Waals surface area contributed by atoms with Crippen LogP contribution in [0.3, 0.4) is 0 Å². The van der Waals surface area contributed by atoms with Crippen molar-refractivity contribution in [1.82, 2.24) is 34.8 Å². The van der Waals surface area contributed by atoms with Crippen molar-refractivity contribution in [2.24, 2.45) is 0 Å². The average molecular weight is 428 g/mol. The molecule has 168 valence electrons. The van der Waals surface area contributed by atoms with Crippen LogP contribution in [0.15, 0.2) is 36.9 Å². The van der Waals surface area contributed by atoms with Crippen molar-refractivity contribution in [3.05, 3.63) is 42.5 Å². The van der Waals surface area contributed by atoms with Gasteiger partial charge in [-0.3, -0.25) is 9.69 Å². The van der Waals surface area contributed by atoms with Crippen LogP contribution < -0.4 is 5.32 Å². The first kappa shape index (κ1) is 22.7. The topological polar surface area (TPSA) is 86.6 Å². The largest absolute Gasteiger partial charge is 0.342 e. The molecule has 1 N–H and O–H groups in total. The molecule has 0 spiro atoms. The summed E-state index contributed by atoms with van der Waals surface area (Å²) in [5, 5.41) is 7.22. The number of rotatable bonds is 7. The van der Waals surface area contributed by atoms with Gasteiger partial charge in [0.05, 0.1) is 18.3 Å². The molecular formula is C22H33N7O2. The summed E-state index contributed by atoms with van der Waals surface area (Å²) in [7, 11) is 0. The van der Waals surface area contributed by atoms with Crippen LogP contribution in [-0.2, 0) is 4.79 Å². The van der Waals surface area contributed by atoms with E-state index in [-0.39, 0.29) is 18.0 Å². The second-order valence-electron chi connectivity index (χ2n) is 7.79. The van der Waals surface area contributed by atoms with Crippen LogP contribution in [0.4, 0.5) is 4.79 Å². The molecule has 1 aromatic carbocycles. The Morgan fingerprint density at radius 2 is 1.84 bits per heavy atom. The van der Waals surface area contributed by atoms with Crippen molar-refractivity contribution in [1.29, 1.82) is 0 Å². The summed E-state index contributed by atoms with van der Waals surface area (Å²) in [6.45, 7) is 10.7. The number of hydrogen-bond donors (Lipinski definition) is 1. The third kappa shape index (κ3) is 6.04. The molecule has 1 saturated heterocycles. The molecule has 0 radical (unpaired) electrons. The SMILES string of the molecule is CCN(CC)C(=O)CN1CCCN(C(=O)NC(C)c2ccc(-n3cncn3)cc2)CC1. The molecule has 3 rings (SSSR count). The van der Waals surface area contributed by atoms with Gasteiger partial charge in [0.25, 0.3) is 0 Å². The zero-order valence-corrected chi connectivity index (χ0v) is 18.7. The number of likely N-dealkylation sites (N-methyl/N-ethyl adjacent to an activating group) is 1. The van der Waals surface area contributed by atoms with Crippen molar-refractivity contribution in [2.45, 2.75) is 33.2 Å². The van der Waals surface area contributed by atoms with Gasteiger partial charge in [-0.2, -0.15) is 5.10 Å². The molecular weight excluding hydrogens is 394 g/mol. The van der Waals surface area contributed by atoms with Crippen LogP contribution in [0.2, 0.25) is 0 Å². The molecule has 3 amide bonds. The van der Waals surface area contributed by atoms with E-state index in [0.29, 0.717) is 26.2 Å². The first-order valence-corrected chi connectivity index (χ1v) is 11.0. The summed E-state index contributed by atoms with van der Waals surface area (Å²) in [6.07, 6.45) is 4.01. The second-order valence-corrected chi connectivity index (χ2v) is 7.79. The van der Waals surface area contributed by atoms with Crippen LogP contribution >= 0.6 is 0 Å². The predicted octanol–water partition coefficient (Wildman–Crippen LogP) is 1.91. The van der Waals surface area contributed by atoms with Crippen molar-refractivity contribution in [3.63, 3.8) is 0 Å². The fourth-order valence-electron chi connectivity index (χ4n) is 3.82. The van der Waals surface area contributed by atoms with Crippen molar-refractivity contribution in [2.75, 3.05) is 45.8 Å². The molecule has 0 saturated carbocycles. The number of carbonyl (C=O) groups excluding carboxylic acids is 2. The Morgan fingerprint density at radius 3 is 2.48 bits per heavy atom. The zero-order chi connectivity index (χ0) is 22.2. The molecule has 1 aliphatic rings. The number of hydrogen-bond acceptors (Lipinski definition) is 5. The van der Waals surface area contributed by atoms with E-state index in [9.17, 15) is 9.59 Å². The zero-order valence-electron chi connectivity index (χ0n) is 18.7. The maximum Gasteiger partial charge on any atom is 0.317 e. The van der Waals surface area contributed by atoms with Crippen molar-refractivity contribution >= 4 is 11.9 Å². The molecule has 0 aliphatic carbocycles. The van der Waals surface area contributed by atoms with Crippen LogP contribution in [0.25, 0.3) is 5.69 Å². The minimum Gasteiger partial charge on any atom is -0.342 e. The number of urea groups is 1. The van der Waals surface area contributed by atoms with Gasteiger partial charge in [-0.05, 0) is 44.9 Å². The molecule has 31 heavy (non-hydrogen) atoms. The number of aromatic nitrogens is 3. The van der Waals surface area contributed by atoms with Crippen LogP contribution in [0.5, 0.6) is 0 Å². The first-order valence-electron chi connectivity index (χ1n) is 11.0. The summed E-state index contributed by atoms with van der Waals surface area (Å²) in [4.78, 5) is 35.0. The fourth-order valence-corrected chi connectivity index (χ4v) is 3.82. The molecule has 1 fully saturated rings. The van der Waals surface area contributed by atoms with Crippen molar-refractivity contribution < 1.29 is 9.59 Å². The third-order valence-electron chi connectivity index (χ3n) is 5.77. The minimum absolute atomic E-state index is 0.0650. The maximum absolute atomic E-state index is 12.8. The summed E-state index contributed by atoms with van der Waals surface area (Å²) in [6, 6.07) is 7.73. The fraction of sp³-hybridized carbons (Fsp3) is 0.545. The molecule has 2 heterocycles. The number of benzene rings is 1. The second kappa shape index (κ2) is 10.9. The lowest BCUT2D eigenvalue weighted by molar-refractivity contribution is -0.132. The Hall–Kier alpha value is -2.94. The Labute approximate surface area is 184 Å². The summed E-state index contributed by atoms with van der Waals surface area (Å²) < 4.78 is 1.70. The highest BCUT2D eigenvalue weighted by molar-refractivity contribution is 5.78. The van der Waals surface area contributed by atoms with Gasteiger partial charge in [-0.1, -0.05) is 12.1 Å². The van der Waals surface area contributed by atoms with E-state index in [2.05, 4.69) is 20.3 Å². The lowest BCUT2D eigenvalue weighted by Crippen LogP contribution is -2.44. The average Bonchev–Trinajstić information content (AvgIpc) is 3.21. The third-order valence-corrected chi connectivity index (χ3v) is 5.77. The summed E-state index contributed by atoms with van der Waals surface area (Å²) in [5.74, 6) is 0.158. The highest BCUT2D eigenvalue weighted by Gasteiger charge is 2.22. The molecule has 1 atom stereocenters. The Kier molecular flexibility index (Phi) is 8.00. The van der Waals surface area contributed by atoms with Gasteiger partial charge in [-0.25, -0.2) is 14.5 Å². The maximum atomic E-state index is 12.8. The van der Waals surface area contributed by atoms with Gasteiger partial charge < -0.3 is 15.1 Å². The normalized spacial score (nSPS) is 15.9. The van der Waals surface area contributed by atoms with E-state index in [4.69, 9.17) is 0 Å². The molecule has 1 aliphatic heterocycles. The molecule has 1 aromatic heterocycles. The van der Waals surface area contributed by atoms with Gasteiger partial charge in [-0.15, -0.1) is 0 Å². The summed E-state index contributed by atoms with van der Waals surface area (Å²) in [5.41, 5.74) is 1.95. The number of nitrogens with one attached hydrogen (secondary N) is 1. The first-order chi connectivity index (χ1) is 15.0. The van der Waals surface area contributed by atoms with Gasteiger partial charge >= 0.3 is 6.03 Å². The van der Waals surface area contributed by atoms with Gasteiger partial charge in [0.15, 0.2) is 0 Å². The summed E-state index contributed by atoms with van der Waals surface area (Å²) >= 11 is 0. The number of amides is 3. The molecule has 0 bridgehead atoms. The lowest BCUT2D eigenvalue weighted by atomic mass is 10.1. The van der Waals surface area contributed by atoms with Crippen LogP contribution in [0.1, 0.15) is 38.8 Å².